The smallest absolute Gasteiger partial charge is 0 e. The predicted molar refractivity (Wildman–Crippen MR) is 30.9 cm³/mol. The van der Waals surface area contributed by atoms with Crippen LogP contribution in [0.5, 0.6) is 0 Å². The predicted octanol–water partition coefficient (Wildman–Crippen LogP) is 2.52. The van der Waals surface area contributed by atoms with Gasteiger partial charge in [0.1, 0.15) is 0 Å². The molecule has 1 nitrogen and oxygen atoms in total. The summed E-state index contributed by atoms with van der Waals surface area (Å²) in [5, 5.41) is 0. The van der Waals surface area contributed by atoms with E-state index >= 15 is 0 Å². The quantitative estimate of drug-likeness (QED) is 0.470. The molecular formula is C4H14HfN-5. The standard InChI is InChI=1S/4CH3.Hf.H2N/h4*1H3;;1H2/q4*-1;;-1. The Labute approximate surface area is 61.9 Å². The molecule has 0 atom stereocenters. The molecule has 0 aromatic heterocycles. The summed E-state index contributed by atoms with van der Waals surface area (Å²) in [5.41, 5.74) is 0. The van der Waals surface area contributed by atoms with Crippen LogP contribution in [-0.2, 0) is 25.8 Å². The molecule has 0 heterocycles. The first-order valence-electron chi connectivity index (χ1n) is 0. The van der Waals surface area contributed by atoms with Crippen molar-refractivity contribution >= 4 is 0 Å². The van der Waals surface area contributed by atoms with E-state index in [9.17, 15) is 0 Å². The molecule has 0 fully saturated rings. The molecule has 0 unspecified atom stereocenters. The molecule has 44 valence electrons. The van der Waals surface area contributed by atoms with E-state index in [-0.39, 0.29) is 61.7 Å². The molecule has 0 saturated carbocycles. The summed E-state index contributed by atoms with van der Waals surface area (Å²) in [4.78, 5) is 0. The number of hydrogen-bond acceptors (Lipinski definition) is 0. The van der Waals surface area contributed by atoms with E-state index in [0.717, 1.165) is 0 Å². The van der Waals surface area contributed by atoms with Crippen molar-refractivity contribution in [3.05, 3.63) is 35.9 Å². The summed E-state index contributed by atoms with van der Waals surface area (Å²) < 4.78 is 0. The summed E-state index contributed by atoms with van der Waals surface area (Å²) in [5.74, 6) is 0. The molecule has 0 aromatic rings. The number of hydrogen-bond donors (Lipinski definition) is 0. The molecule has 2 N–H and O–H groups in total. The third kappa shape index (κ3) is 103. The summed E-state index contributed by atoms with van der Waals surface area (Å²) in [6.45, 7) is 0. The molecule has 0 aliphatic carbocycles. The van der Waals surface area contributed by atoms with E-state index in [1.54, 1.807) is 0 Å². The molecule has 0 saturated heterocycles. The Balaban J connectivity index is 0. The van der Waals surface area contributed by atoms with Gasteiger partial charge in [-0.05, 0) is 0 Å². The van der Waals surface area contributed by atoms with E-state index in [1.165, 1.54) is 0 Å². The van der Waals surface area contributed by atoms with Crippen LogP contribution in [-0.4, -0.2) is 0 Å². The fourth-order valence-electron chi connectivity index (χ4n) is 0. The molecule has 0 amide bonds. The van der Waals surface area contributed by atoms with Crippen LogP contribution in [0.25, 0.3) is 6.15 Å². The van der Waals surface area contributed by atoms with Crippen LogP contribution in [0.4, 0.5) is 0 Å². The second-order valence-corrected chi connectivity index (χ2v) is 0. The topological polar surface area (TPSA) is 33.5 Å². The first-order valence-corrected chi connectivity index (χ1v) is 0. The van der Waals surface area contributed by atoms with Crippen LogP contribution >= 0.6 is 0 Å². The van der Waals surface area contributed by atoms with Crippen molar-refractivity contribution < 1.29 is 25.8 Å². The molecule has 0 radical (unpaired) electrons. The maximum Gasteiger partial charge on any atom is 0 e. The zero-order valence-electron chi connectivity index (χ0n) is 5.08. The van der Waals surface area contributed by atoms with Crippen LogP contribution in [0.15, 0.2) is 0 Å². The summed E-state index contributed by atoms with van der Waals surface area (Å²) in [6.07, 6.45) is 0. The average Bonchev–Trinajstić information content (AvgIpc) is 0. The van der Waals surface area contributed by atoms with Crippen LogP contribution in [0.2, 0.25) is 0 Å². The Morgan fingerprint density at radius 3 is 0.500 bits per heavy atom. The van der Waals surface area contributed by atoms with Gasteiger partial charge in [0.15, 0.2) is 0 Å². The molecule has 6 heavy (non-hydrogen) atoms. The molecule has 0 aliphatic heterocycles. The Bertz CT molecular complexity index is 7.51. The van der Waals surface area contributed by atoms with Crippen molar-refractivity contribution in [2.75, 3.05) is 0 Å². The van der Waals surface area contributed by atoms with Gasteiger partial charge in [0.25, 0.3) is 0 Å². The summed E-state index contributed by atoms with van der Waals surface area (Å²) >= 11 is 0. The van der Waals surface area contributed by atoms with E-state index in [4.69, 9.17) is 0 Å². The molecule has 0 aliphatic rings. The monoisotopic (exact) mass is 256 g/mol. The zero-order valence-corrected chi connectivity index (χ0v) is 8.67. The van der Waals surface area contributed by atoms with Gasteiger partial charge in [-0.2, -0.15) is 0 Å². The minimum Gasteiger partial charge on any atom is -0.693 e. The van der Waals surface area contributed by atoms with Crippen molar-refractivity contribution in [2.24, 2.45) is 0 Å². The van der Waals surface area contributed by atoms with E-state index in [2.05, 4.69) is 0 Å². The maximum absolute atomic E-state index is 0. The second-order valence-electron chi connectivity index (χ2n) is 0. The van der Waals surface area contributed by atoms with Gasteiger partial charge in [0, 0.05) is 25.8 Å². The van der Waals surface area contributed by atoms with Gasteiger partial charge < -0.3 is 35.9 Å². The van der Waals surface area contributed by atoms with E-state index in [1.807, 2.05) is 0 Å². The van der Waals surface area contributed by atoms with Gasteiger partial charge in [-0.25, -0.2) is 0 Å². The van der Waals surface area contributed by atoms with Crippen LogP contribution in [0, 0.1) is 29.7 Å². The number of nitrogens with two attached hydrogens (primary N) is 1. The van der Waals surface area contributed by atoms with Crippen molar-refractivity contribution in [3.63, 3.8) is 0 Å². The van der Waals surface area contributed by atoms with Crippen LogP contribution in [0.1, 0.15) is 0 Å². The molecule has 0 aromatic carbocycles. The first kappa shape index (κ1) is 337. The van der Waals surface area contributed by atoms with Crippen molar-refractivity contribution in [2.45, 2.75) is 0 Å². The van der Waals surface area contributed by atoms with Gasteiger partial charge in [0.2, 0.25) is 0 Å². The normalized spacial score (nSPS) is 0. The molecule has 0 bridgehead atoms. The Morgan fingerprint density at radius 2 is 0.500 bits per heavy atom. The fourth-order valence-corrected chi connectivity index (χ4v) is 0. The first-order chi connectivity index (χ1) is 0. The van der Waals surface area contributed by atoms with Crippen LogP contribution < -0.4 is 0 Å². The SMILES string of the molecule is [CH3-].[CH3-].[CH3-].[CH3-].[Hf].[NH2-]. The number of rotatable bonds is 0. The molecular weight excluding hydrogens is 241 g/mol. The minimum absolute atomic E-state index is 0. The van der Waals surface area contributed by atoms with Crippen LogP contribution in [0.3, 0.4) is 0 Å². The Morgan fingerprint density at radius 1 is 0.500 bits per heavy atom. The molecule has 2 heteroatoms. The minimum atomic E-state index is 0. The van der Waals surface area contributed by atoms with Gasteiger partial charge in [-0.15, -0.1) is 0 Å². The van der Waals surface area contributed by atoms with Crippen molar-refractivity contribution in [3.8, 4) is 0 Å². The third-order valence-corrected chi connectivity index (χ3v) is 0. The maximum atomic E-state index is 0. The largest absolute Gasteiger partial charge is 0.693 e. The van der Waals surface area contributed by atoms with E-state index < -0.39 is 0 Å². The Kier molecular flexibility index (Phi) is 11100. The Hall–Kier alpha value is 0.830. The van der Waals surface area contributed by atoms with Gasteiger partial charge in [-0.1, -0.05) is 0 Å². The summed E-state index contributed by atoms with van der Waals surface area (Å²) in [6, 6.07) is 0. The fraction of sp³-hybridized carbons (Fsp3) is 0. The van der Waals surface area contributed by atoms with Crippen molar-refractivity contribution in [1.82, 2.24) is 0 Å². The molecule has 0 spiro atoms. The van der Waals surface area contributed by atoms with Gasteiger partial charge >= 0.3 is 0 Å². The van der Waals surface area contributed by atoms with E-state index in [0.29, 0.717) is 0 Å². The average molecular weight is 255 g/mol. The van der Waals surface area contributed by atoms with Crippen molar-refractivity contribution in [1.29, 1.82) is 0 Å². The van der Waals surface area contributed by atoms with Gasteiger partial charge in [0.05, 0.1) is 0 Å². The molecule has 0 rings (SSSR count). The third-order valence-electron chi connectivity index (χ3n) is 0. The van der Waals surface area contributed by atoms with Gasteiger partial charge in [-0.3, -0.25) is 0 Å². The summed E-state index contributed by atoms with van der Waals surface area (Å²) in [7, 11) is 0. The zero-order chi connectivity index (χ0) is 0. The second kappa shape index (κ2) is 197.